The first-order chi connectivity index (χ1) is 8.24. The molecule has 0 atom stereocenters. The highest BCUT2D eigenvalue weighted by atomic mass is 79.9. The molecule has 1 aliphatic heterocycles. The molecule has 4 heteroatoms. The van der Waals surface area contributed by atoms with Crippen LogP contribution in [0.25, 0.3) is 0 Å². The third kappa shape index (κ3) is 4.30. The van der Waals surface area contributed by atoms with Gasteiger partial charge in [-0.2, -0.15) is 0 Å². The number of halogens is 1. The summed E-state index contributed by atoms with van der Waals surface area (Å²) in [6, 6.07) is 8.36. The summed E-state index contributed by atoms with van der Waals surface area (Å²) < 4.78 is 6.78. The Morgan fingerprint density at radius 3 is 2.53 bits per heavy atom. The maximum absolute atomic E-state index is 5.87. The Balaban J connectivity index is 1.67. The van der Waals surface area contributed by atoms with Crippen LogP contribution >= 0.6 is 15.9 Å². The molecule has 1 heterocycles. The fourth-order valence-corrected chi connectivity index (χ4v) is 2.26. The quantitative estimate of drug-likeness (QED) is 0.927. The highest BCUT2D eigenvalue weighted by molar-refractivity contribution is 9.10. The minimum Gasteiger partial charge on any atom is -0.492 e. The van der Waals surface area contributed by atoms with Gasteiger partial charge in [0.2, 0.25) is 0 Å². The zero-order valence-corrected chi connectivity index (χ0v) is 11.5. The van der Waals surface area contributed by atoms with Gasteiger partial charge in [-0.25, -0.2) is 0 Å². The Kier molecular flexibility index (Phi) is 4.83. The smallest absolute Gasteiger partial charge is 0.119 e. The van der Waals surface area contributed by atoms with Crippen LogP contribution < -0.4 is 10.5 Å². The van der Waals surface area contributed by atoms with Gasteiger partial charge in [-0.15, -0.1) is 0 Å². The number of hydrogen-bond acceptors (Lipinski definition) is 3. The van der Waals surface area contributed by atoms with E-state index in [0.29, 0.717) is 6.04 Å². The lowest BCUT2D eigenvalue weighted by molar-refractivity contribution is 0.174. The first-order valence-corrected chi connectivity index (χ1v) is 6.89. The van der Waals surface area contributed by atoms with Crippen molar-refractivity contribution in [3.05, 3.63) is 28.7 Å². The molecule has 0 aliphatic carbocycles. The minimum atomic E-state index is 0.402. The molecule has 1 saturated heterocycles. The molecule has 17 heavy (non-hydrogen) atoms. The fourth-order valence-electron chi connectivity index (χ4n) is 2.00. The van der Waals surface area contributed by atoms with Crippen molar-refractivity contribution in [3.63, 3.8) is 0 Å². The summed E-state index contributed by atoms with van der Waals surface area (Å²) in [5.41, 5.74) is 5.87. The molecule has 0 bridgehead atoms. The zero-order valence-electron chi connectivity index (χ0n) is 9.94. The normalized spacial score (nSPS) is 18.2. The molecule has 0 spiro atoms. The van der Waals surface area contributed by atoms with Crippen LogP contribution in [-0.2, 0) is 0 Å². The van der Waals surface area contributed by atoms with E-state index in [-0.39, 0.29) is 0 Å². The molecule has 0 radical (unpaired) electrons. The van der Waals surface area contributed by atoms with E-state index < -0.39 is 0 Å². The summed E-state index contributed by atoms with van der Waals surface area (Å²) in [5, 5.41) is 0. The van der Waals surface area contributed by atoms with Crippen molar-refractivity contribution in [1.82, 2.24) is 4.90 Å². The van der Waals surface area contributed by atoms with Gasteiger partial charge in [0.05, 0.1) is 0 Å². The van der Waals surface area contributed by atoms with Crippen molar-refractivity contribution in [2.24, 2.45) is 5.73 Å². The monoisotopic (exact) mass is 298 g/mol. The van der Waals surface area contributed by atoms with E-state index in [1.54, 1.807) is 0 Å². The molecular formula is C13H19BrN2O. The molecule has 94 valence electrons. The number of benzene rings is 1. The summed E-state index contributed by atoms with van der Waals surface area (Å²) in [6.45, 7) is 3.94. The molecule has 1 fully saturated rings. The van der Waals surface area contributed by atoms with E-state index in [0.717, 1.165) is 49.3 Å². The fraction of sp³-hybridized carbons (Fsp3) is 0.538. The van der Waals surface area contributed by atoms with Crippen molar-refractivity contribution in [2.75, 3.05) is 26.2 Å². The van der Waals surface area contributed by atoms with Gasteiger partial charge in [0.1, 0.15) is 12.4 Å². The van der Waals surface area contributed by atoms with Gasteiger partial charge < -0.3 is 10.5 Å². The van der Waals surface area contributed by atoms with Gasteiger partial charge in [-0.1, -0.05) is 15.9 Å². The molecule has 1 aromatic rings. The van der Waals surface area contributed by atoms with Crippen LogP contribution in [0.2, 0.25) is 0 Å². The van der Waals surface area contributed by atoms with E-state index in [1.807, 2.05) is 24.3 Å². The Morgan fingerprint density at radius 2 is 1.88 bits per heavy atom. The molecule has 0 amide bonds. The number of hydrogen-bond donors (Lipinski definition) is 1. The van der Waals surface area contributed by atoms with Crippen molar-refractivity contribution in [3.8, 4) is 5.75 Å². The number of nitrogens with zero attached hydrogens (tertiary/aromatic N) is 1. The van der Waals surface area contributed by atoms with Crippen molar-refractivity contribution >= 4 is 15.9 Å². The molecule has 3 nitrogen and oxygen atoms in total. The molecule has 2 N–H and O–H groups in total. The lowest BCUT2D eigenvalue weighted by Gasteiger charge is -2.29. The molecule has 0 unspecified atom stereocenters. The van der Waals surface area contributed by atoms with E-state index in [2.05, 4.69) is 20.8 Å². The lowest BCUT2D eigenvalue weighted by Crippen LogP contribution is -2.41. The molecule has 0 aromatic heterocycles. The van der Waals surface area contributed by atoms with E-state index >= 15 is 0 Å². The molecular weight excluding hydrogens is 280 g/mol. The maximum atomic E-state index is 5.87. The predicted octanol–water partition coefficient (Wildman–Crippen LogP) is 2.25. The summed E-state index contributed by atoms with van der Waals surface area (Å²) in [6.07, 6.45) is 2.22. The van der Waals surface area contributed by atoms with Crippen LogP contribution in [0.15, 0.2) is 28.7 Å². The van der Waals surface area contributed by atoms with Gasteiger partial charge in [0.15, 0.2) is 0 Å². The van der Waals surface area contributed by atoms with Crippen molar-refractivity contribution in [1.29, 1.82) is 0 Å². The molecule has 0 saturated carbocycles. The van der Waals surface area contributed by atoms with Crippen LogP contribution in [0.5, 0.6) is 5.75 Å². The van der Waals surface area contributed by atoms with Crippen molar-refractivity contribution in [2.45, 2.75) is 18.9 Å². The maximum Gasteiger partial charge on any atom is 0.119 e. The topological polar surface area (TPSA) is 38.5 Å². The van der Waals surface area contributed by atoms with Gasteiger partial charge >= 0.3 is 0 Å². The second-order valence-electron chi connectivity index (χ2n) is 4.48. The second kappa shape index (κ2) is 6.38. The SMILES string of the molecule is NC1CCN(CCOc2ccc(Br)cc2)CC1. The number of nitrogens with two attached hydrogens (primary N) is 1. The van der Waals surface area contributed by atoms with Crippen molar-refractivity contribution < 1.29 is 4.74 Å². The van der Waals surface area contributed by atoms with Crippen LogP contribution in [-0.4, -0.2) is 37.2 Å². The van der Waals surface area contributed by atoms with E-state index in [9.17, 15) is 0 Å². The highest BCUT2D eigenvalue weighted by Crippen LogP contribution is 2.16. The standard InChI is InChI=1S/C13H19BrN2O/c14-11-1-3-13(4-2-11)17-10-9-16-7-5-12(15)6-8-16/h1-4,12H,5-10,15H2. The minimum absolute atomic E-state index is 0.402. The van der Waals surface area contributed by atoms with Crippen LogP contribution in [0.4, 0.5) is 0 Å². The molecule has 1 aromatic carbocycles. The van der Waals surface area contributed by atoms with E-state index in [4.69, 9.17) is 10.5 Å². The summed E-state index contributed by atoms with van der Waals surface area (Å²) in [4.78, 5) is 2.42. The number of likely N-dealkylation sites (tertiary alicyclic amines) is 1. The Labute approximate surface area is 111 Å². The lowest BCUT2D eigenvalue weighted by atomic mass is 10.1. The predicted molar refractivity (Wildman–Crippen MR) is 73.3 cm³/mol. The van der Waals surface area contributed by atoms with Gasteiger partial charge in [-0.05, 0) is 50.2 Å². The van der Waals surface area contributed by atoms with Gasteiger partial charge in [0.25, 0.3) is 0 Å². The Bertz CT molecular complexity index is 334. The third-order valence-electron chi connectivity index (χ3n) is 3.12. The number of ether oxygens (including phenoxy) is 1. The third-order valence-corrected chi connectivity index (χ3v) is 3.65. The summed E-state index contributed by atoms with van der Waals surface area (Å²) >= 11 is 3.41. The average Bonchev–Trinajstić information content (AvgIpc) is 2.34. The highest BCUT2D eigenvalue weighted by Gasteiger charge is 2.15. The first kappa shape index (κ1) is 12.9. The number of piperidine rings is 1. The van der Waals surface area contributed by atoms with Gasteiger partial charge in [0, 0.05) is 17.1 Å². The molecule has 1 aliphatic rings. The Hall–Kier alpha value is -0.580. The zero-order chi connectivity index (χ0) is 12.1. The second-order valence-corrected chi connectivity index (χ2v) is 5.40. The summed E-state index contributed by atoms with van der Waals surface area (Å²) in [7, 11) is 0. The average molecular weight is 299 g/mol. The first-order valence-electron chi connectivity index (χ1n) is 6.10. The molecule has 2 rings (SSSR count). The number of rotatable bonds is 4. The van der Waals surface area contributed by atoms with Crippen LogP contribution in [0, 0.1) is 0 Å². The summed E-state index contributed by atoms with van der Waals surface area (Å²) in [5.74, 6) is 0.932. The largest absolute Gasteiger partial charge is 0.492 e. The van der Waals surface area contributed by atoms with Crippen LogP contribution in [0.1, 0.15) is 12.8 Å². The van der Waals surface area contributed by atoms with Gasteiger partial charge in [-0.3, -0.25) is 4.90 Å². The van der Waals surface area contributed by atoms with Crippen LogP contribution in [0.3, 0.4) is 0 Å². The van der Waals surface area contributed by atoms with E-state index in [1.165, 1.54) is 0 Å². The Morgan fingerprint density at radius 1 is 1.24 bits per heavy atom.